The summed E-state index contributed by atoms with van der Waals surface area (Å²) in [6.45, 7) is 1.81. The fourth-order valence-electron chi connectivity index (χ4n) is 0.924. The fraction of sp³-hybridized carbons (Fsp3) is 0.125. The van der Waals surface area contributed by atoms with E-state index in [4.69, 9.17) is 0 Å². The van der Waals surface area contributed by atoms with E-state index in [0.717, 1.165) is 11.6 Å². The van der Waals surface area contributed by atoms with Crippen LogP contribution < -0.4 is 0 Å². The number of halogens is 2. The van der Waals surface area contributed by atoms with Gasteiger partial charge in [0.05, 0.1) is 0 Å². The van der Waals surface area contributed by atoms with Crippen molar-refractivity contribution in [1.29, 1.82) is 0 Å². The van der Waals surface area contributed by atoms with Crippen molar-refractivity contribution in [3.63, 3.8) is 0 Å². The molecule has 0 bridgehead atoms. The second-order valence-electron chi connectivity index (χ2n) is 2.69. The van der Waals surface area contributed by atoms with Gasteiger partial charge in [-0.3, -0.25) is 0 Å². The summed E-state index contributed by atoms with van der Waals surface area (Å²) in [7, 11) is -3.96. The second-order valence-corrected chi connectivity index (χ2v) is 5.97. The molecule has 1 aromatic carbocycles. The van der Waals surface area contributed by atoms with Crippen molar-refractivity contribution in [1.82, 2.24) is 0 Å². The first-order chi connectivity index (χ1) is 6.88. The Morgan fingerprint density at radius 1 is 1.27 bits per heavy atom. The van der Waals surface area contributed by atoms with Gasteiger partial charge in [0.2, 0.25) is 0 Å². The molecule has 0 aliphatic rings. The van der Waals surface area contributed by atoms with E-state index in [1.807, 2.05) is 6.92 Å². The smallest absolute Gasteiger partial charge is 0.210 e. The first kappa shape index (κ1) is 12.6. The van der Waals surface area contributed by atoms with Crippen LogP contribution in [0.2, 0.25) is 0 Å². The van der Waals surface area contributed by atoms with Gasteiger partial charge in [-0.2, -0.15) is 8.42 Å². The minimum atomic E-state index is -3.96. The lowest BCUT2D eigenvalue weighted by molar-refractivity contribution is 0.563. The van der Waals surface area contributed by atoms with Gasteiger partial charge in [0, 0.05) is 8.95 Å². The van der Waals surface area contributed by atoms with E-state index in [1.54, 1.807) is 6.07 Å². The molecule has 0 N–H and O–H groups in total. The van der Waals surface area contributed by atoms with Gasteiger partial charge in [0.1, 0.15) is 4.90 Å². The third-order valence-electron chi connectivity index (χ3n) is 1.65. The van der Waals surface area contributed by atoms with Crippen molar-refractivity contribution in [3.8, 4) is 0 Å². The Hall–Kier alpha value is -0.490. The van der Waals surface area contributed by atoms with E-state index in [-0.39, 0.29) is 4.90 Å². The summed E-state index contributed by atoms with van der Waals surface area (Å²) in [6.07, 6.45) is 1.02. The molecule has 0 unspecified atom stereocenters. The average molecular weight is 355 g/mol. The summed E-state index contributed by atoms with van der Waals surface area (Å²) in [6, 6.07) is 3.01. The second kappa shape index (κ2) is 4.57. The van der Waals surface area contributed by atoms with E-state index in [2.05, 4.69) is 36.3 Å². The molecule has 15 heavy (non-hydrogen) atoms. The maximum atomic E-state index is 11.4. The molecule has 0 aliphatic carbocycles. The van der Waals surface area contributed by atoms with E-state index in [0.29, 0.717) is 8.95 Å². The van der Waals surface area contributed by atoms with Crippen molar-refractivity contribution in [2.75, 3.05) is 0 Å². The summed E-state index contributed by atoms with van der Waals surface area (Å²) >= 11 is 6.30. The molecule has 0 amide bonds. The van der Waals surface area contributed by atoms with Gasteiger partial charge < -0.3 is 0 Å². The molecule has 0 aromatic heterocycles. The SMILES string of the molecule is Cc1cc(Br)c(S(=O)(=O)N=C=O)cc1Br. The largest absolute Gasteiger partial charge is 0.293 e. The Labute approximate surface area is 104 Å². The summed E-state index contributed by atoms with van der Waals surface area (Å²) in [5.41, 5.74) is 0.871. The maximum Gasteiger partial charge on any atom is 0.293 e. The quantitative estimate of drug-likeness (QED) is 0.605. The molecule has 0 fully saturated rings. The molecule has 0 saturated heterocycles. The van der Waals surface area contributed by atoms with Gasteiger partial charge in [-0.25, -0.2) is 4.79 Å². The number of rotatable bonds is 2. The summed E-state index contributed by atoms with van der Waals surface area (Å²) in [4.78, 5) is 9.89. The summed E-state index contributed by atoms with van der Waals surface area (Å²) < 4.78 is 26.6. The minimum absolute atomic E-state index is 0.0664. The van der Waals surface area contributed by atoms with Crippen molar-refractivity contribution >= 4 is 48.0 Å². The minimum Gasteiger partial charge on any atom is -0.210 e. The average Bonchev–Trinajstić information content (AvgIpc) is 2.11. The van der Waals surface area contributed by atoms with E-state index in [9.17, 15) is 13.2 Å². The highest BCUT2D eigenvalue weighted by Crippen LogP contribution is 2.29. The van der Waals surface area contributed by atoms with E-state index in [1.165, 1.54) is 6.07 Å². The lowest BCUT2D eigenvalue weighted by Gasteiger charge is -2.04. The zero-order chi connectivity index (χ0) is 11.6. The molecule has 0 heterocycles. The predicted octanol–water partition coefficient (Wildman–Crippen LogP) is 2.54. The maximum absolute atomic E-state index is 11.4. The molecule has 4 nitrogen and oxygen atoms in total. The van der Waals surface area contributed by atoms with Crippen molar-refractivity contribution in [3.05, 3.63) is 26.6 Å². The molecule has 0 spiro atoms. The van der Waals surface area contributed by atoms with Crippen LogP contribution >= 0.6 is 31.9 Å². The Kier molecular flexibility index (Phi) is 3.83. The zero-order valence-electron chi connectivity index (χ0n) is 7.49. The number of isocyanates is 1. The van der Waals surface area contributed by atoms with Crippen LogP contribution in [-0.4, -0.2) is 14.5 Å². The molecule has 1 rings (SSSR count). The number of aryl methyl sites for hydroxylation is 1. The first-order valence-electron chi connectivity index (χ1n) is 3.68. The van der Waals surface area contributed by atoms with E-state index >= 15 is 0 Å². The third kappa shape index (κ3) is 2.75. The molecule has 0 radical (unpaired) electrons. The highest BCUT2D eigenvalue weighted by molar-refractivity contribution is 9.11. The van der Waals surface area contributed by atoms with Crippen LogP contribution in [0.15, 0.2) is 30.4 Å². The topological polar surface area (TPSA) is 63.6 Å². The number of hydrogen-bond donors (Lipinski definition) is 0. The number of carbonyl (C=O) groups excluding carboxylic acids is 1. The Morgan fingerprint density at radius 2 is 1.87 bits per heavy atom. The number of sulfonamides is 1. The van der Waals surface area contributed by atoms with Crippen molar-refractivity contribution in [2.45, 2.75) is 11.8 Å². The van der Waals surface area contributed by atoms with E-state index < -0.39 is 10.0 Å². The van der Waals surface area contributed by atoms with Gasteiger partial charge in [0.25, 0.3) is 16.1 Å². The molecular formula is C8H5Br2NO3S. The Morgan fingerprint density at radius 3 is 2.40 bits per heavy atom. The lowest BCUT2D eigenvalue weighted by atomic mass is 10.2. The van der Waals surface area contributed by atoms with Crippen LogP contribution in [-0.2, 0) is 14.8 Å². The van der Waals surface area contributed by atoms with Crippen molar-refractivity contribution in [2.24, 2.45) is 4.40 Å². The third-order valence-corrected chi connectivity index (χ3v) is 4.63. The number of benzene rings is 1. The molecule has 0 aliphatic heterocycles. The normalized spacial score (nSPS) is 10.9. The first-order valence-corrected chi connectivity index (χ1v) is 6.71. The Balaban J connectivity index is 3.52. The van der Waals surface area contributed by atoms with Crippen LogP contribution in [0, 0.1) is 6.92 Å². The lowest BCUT2D eigenvalue weighted by Crippen LogP contribution is -1.98. The molecule has 1 aromatic rings. The fourth-order valence-corrected chi connectivity index (χ4v) is 3.26. The van der Waals surface area contributed by atoms with Crippen LogP contribution in [0.5, 0.6) is 0 Å². The van der Waals surface area contributed by atoms with Crippen LogP contribution in [0.1, 0.15) is 5.56 Å². The predicted molar refractivity (Wildman–Crippen MR) is 61.9 cm³/mol. The van der Waals surface area contributed by atoms with Gasteiger partial charge in [-0.15, -0.1) is 0 Å². The van der Waals surface area contributed by atoms with Gasteiger partial charge in [-0.05, 0) is 40.5 Å². The van der Waals surface area contributed by atoms with Gasteiger partial charge in [0.15, 0.2) is 0 Å². The van der Waals surface area contributed by atoms with Gasteiger partial charge in [-0.1, -0.05) is 20.3 Å². The molecule has 0 atom stereocenters. The molecule has 80 valence electrons. The highest BCUT2D eigenvalue weighted by atomic mass is 79.9. The molecule has 0 saturated carbocycles. The highest BCUT2D eigenvalue weighted by Gasteiger charge is 2.18. The van der Waals surface area contributed by atoms with Crippen LogP contribution in [0.4, 0.5) is 0 Å². The van der Waals surface area contributed by atoms with Crippen molar-refractivity contribution < 1.29 is 13.2 Å². The van der Waals surface area contributed by atoms with Crippen LogP contribution in [0.3, 0.4) is 0 Å². The summed E-state index contributed by atoms with van der Waals surface area (Å²) in [5, 5.41) is 0. The number of nitrogens with zero attached hydrogens (tertiary/aromatic N) is 1. The molecular weight excluding hydrogens is 350 g/mol. The Bertz CT molecular complexity index is 547. The number of hydrogen-bond acceptors (Lipinski definition) is 3. The summed E-state index contributed by atoms with van der Waals surface area (Å²) in [5.74, 6) is 0. The standard InChI is InChI=1S/C8H5Br2NO3S/c1-5-2-7(10)8(3-6(5)9)15(13,14)11-4-12/h2-3H,1H3. The van der Waals surface area contributed by atoms with Crippen LogP contribution in [0.25, 0.3) is 0 Å². The van der Waals surface area contributed by atoms with Gasteiger partial charge >= 0.3 is 0 Å². The molecule has 7 heteroatoms. The zero-order valence-corrected chi connectivity index (χ0v) is 11.5. The monoisotopic (exact) mass is 353 g/mol.